The standard InChI is InChI=1S/C19H21N7O2S/c1-13-3-7-16(8-4-13)29(27,28)26-10-9-17-18(21-12-22-19(17)26)25(2)15-6-5-14(11-15)23-24-20/h3-4,7-10,12,14-15H,5-6,11H2,1-2H3/t14-,15+/m0/s1. The summed E-state index contributed by atoms with van der Waals surface area (Å²) in [5, 5.41) is 4.49. The number of aryl methyl sites for hydroxylation is 1. The van der Waals surface area contributed by atoms with Gasteiger partial charge in [0.2, 0.25) is 0 Å². The summed E-state index contributed by atoms with van der Waals surface area (Å²) in [4.78, 5) is 13.8. The lowest BCUT2D eigenvalue weighted by Gasteiger charge is -2.26. The van der Waals surface area contributed by atoms with Gasteiger partial charge in [0.05, 0.1) is 10.3 Å². The van der Waals surface area contributed by atoms with E-state index in [1.165, 1.54) is 16.5 Å². The number of rotatable bonds is 5. The Morgan fingerprint density at radius 3 is 2.69 bits per heavy atom. The van der Waals surface area contributed by atoms with Gasteiger partial charge in [-0.25, -0.2) is 22.4 Å². The summed E-state index contributed by atoms with van der Waals surface area (Å²) in [6.45, 7) is 1.91. The van der Waals surface area contributed by atoms with Crippen LogP contribution in [0, 0.1) is 6.92 Å². The van der Waals surface area contributed by atoms with E-state index in [-0.39, 0.29) is 17.0 Å². The maximum Gasteiger partial charge on any atom is 0.269 e. The summed E-state index contributed by atoms with van der Waals surface area (Å²) in [7, 11) is -1.84. The van der Waals surface area contributed by atoms with Gasteiger partial charge in [-0.05, 0) is 49.9 Å². The van der Waals surface area contributed by atoms with Gasteiger partial charge in [0.1, 0.15) is 12.1 Å². The Kier molecular flexibility index (Phi) is 4.89. The number of nitrogens with zero attached hydrogens (tertiary/aromatic N) is 7. The van der Waals surface area contributed by atoms with Crippen LogP contribution in [-0.4, -0.2) is 41.5 Å². The third-order valence-corrected chi connectivity index (χ3v) is 7.16. The van der Waals surface area contributed by atoms with Crippen LogP contribution in [0.4, 0.5) is 5.82 Å². The van der Waals surface area contributed by atoms with E-state index >= 15 is 0 Å². The maximum absolute atomic E-state index is 13.1. The predicted octanol–water partition coefficient (Wildman–Crippen LogP) is 3.64. The highest BCUT2D eigenvalue weighted by Gasteiger charge is 2.29. The second-order valence-corrected chi connectivity index (χ2v) is 9.12. The van der Waals surface area contributed by atoms with E-state index in [0.717, 1.165) is 24.8 Å². The maximum atomic E-state index is 13.1. The third-order valence-electron chi connectivity index (χ3n) is 5.48. The van der Waals surface area contributed by atoms with Crippen LogP contribution in [0.5, 0.6) is 0 Å². The average Bonchev–Trinajstić information content (AvgIpc) is 3.35. The normalized spacial score (nSPS) is 19.2. The molecular weight excluding hydrogens is 390 g/mol. The first kappa shape index (κ1) is 19.2. The molecule has 9 nitrogen and oxygen atoms in total. The predicted molar refractivity (Wildman–Crippen MR) is 110 cm³/mol. The summed E-state index contributed by atoms with van der Waals surface area (Å²) < 4.78 is 27.4. The molecule has 29 heavy (non-hydrogen) atoms. The van der Waals surface area contributed by atoms with Gasteiger partial charge in [-0.2, -0.15) is 0 Å². The zero-order chi connectivity index (χ0) is 20.6. The smallest absolute Gasteiger partial charge is 0.269 e. The number of hydrogen-bond acceptors (Lipinski definition) is 6. The molecule has 2 aromatic heterocycles. The average molecular weight is 411 g/mol. The lowest BCUT2D eigenvalue weighted by atomic mass is 10.2. The Balaban J connectivity index is 1.72. The molecule has 4 rings (SSSR count). The molecule has 150 valence electrons. The van der Waals surface area contributed by atoms with Crippen LogP contribution < -0.4 is 4.90 Å². The van der Waals surface area contributed by atoms with Gasteiger partial charge in [-0.15, -0.1) is 0 Å². The van der Waals surface area contributed by atoms with Gasteiger partial charge in [0.15, 0.2) is 5.65 Å². The number of anilines is 1. The Morgan fingerprint density at radius 1 is 1.21 bits per heavy atom. The molecular formula is C19H21N7O2S. The van der Waals surface area contributed by atoms with Crippen LogP contribution in [0.25, 0.3) is 21.5 Å². The van der Waals surface area contributed by atoms with Gasteiger partial charge in [-0.1, -0.05) is 22.8 Å². The molecule has 3 aromatic rings. The largest absolute Gasteiger partial charge is 0.356 e. The number of azide groups is 1. The molecule has 0 saturated heterocycles. The molecule has 10 heteroatoms. The molecule has 1 fully saturated rings. The van der Waals surface area contributed by atoms with Crippen molar-refractivity contribution in [3.63, 3.8) is 0 Å². The summed E-state index contributed by atoms with van der Waals surface area (Å²) in [6, 6.07) is 8.61. The van der Waals surface area contributed by atoms with E-state index in [4.69, 9.17) is 5.53 Å². The monoisotopic (exact) mass is 411 g/mol. The number of benzene rings is 1. The van der Waals surface area contributed by atoms with Gasteiger partial charge in [0.25, 0.3) is 10.0 Å². The van der Waals surface area contributed by atoms with E-state index in [1.807, 2.05) is 18.9 Å². The Hall–Kier alpha value is -3.10. The molecule has 2 heterocycles. The number of aromatic nitrogens is 3. The first-order chi connectivity index (χ1) is 13.9. The first-order valence-corrected chi connectivity index (χ1v) is 10.8. The summed E-state index contributed by atoms with van der Waals surface area (Å²) in [5.41, 5.74) is 9.99. The molecule has 0 amide bonds. The highest BCUT2D eigenvalue weighted by Crippen LogP contribution is 2.32. The van der Waals surface area contributed by atoms with Crippen LogP contribution in [0.2, 0.25) is 0 Å². The molecule has 1 saturated carbocycles. The number of fused-ring (bicyclic) bond motifs is 1. The summed E-state index contributed by atoms with van der Waals surface area (Å²) >= 11 is 0. The van der Waals surface area contributed by atoms with Crippen molar-refractivity contribution in [1.29, 1.82) is 0 Å². The minimum atomic E-state index is -3.76. The Bertz CT molecular complexity index is 1200. The van der Waals surface area contributed by atoms with Crippen LogP contribution in [0.3, 0.4) is 0 Å². The lowest BCUT2D eigenvalue weighted by Crippen LogP contribution is -2.30. The van der Waals surface area contributed by atoms with Crippen LogP contribution in [0.1, 0.15) is 24.8 Å². The highest BCUT2D eigenvalue weighted by atomic mass is 32.2. The molecule has 0 radical (unpaired) electrons. The van der Waals surface area contributed by atoms with E-state index in [0.29, 0.717) is 16.9 Å². The SMILES string of the molecule is Cc1ccc(S(=O)(=O)n2ccc3c(N(C)[C@@H]4CC[C@H](N=[N+]=[N-])C4)ncnc32)cc1. The van der Waals surface area contributed by atoms with Crippen LogP contribution in [-0.2, 0) is 10.0 Å². The first-order valence-electron chi connectivity index (χ1n) is 9.33. The minimum absolute atomic E-state index is 0.0173. The molecule has 0 unspecified atom stereocenters. The van der Waals surface area contributed by atoms with Crippen LogP contribution in [0.15, 0.2) is 52.9 Å². The van der Waals surface area contributed by atoms with Gasteiger partial charge in [0, 0.05) is 30.2 Å². The molecule has 1 aliphatic rings. The van der Waals surface area contributed by atoms with E-state index in [9.17, 15) is 8.42 Å². The fourth-order valence-electron chi connectivity index (χ4n) is 3.85. The van der Waals surface area contributed by atoms with Crippen molar-refractivity contribution in [3.05, 3.63) is 58.9 Å². The Morgan fingerprint density at radius 2 is 1.97 bits per heavy atom. The summed E-state index contributed by atoms with van der Waals surface area (Å²) in [6.07, 6.45) is 5.36. The fraction of sp³-hybridized carbons (Fsp3) is 0.368. The second-order valence-electron chi connectivity index (χ2n) is 7.30. The van der Waals surface area contributed by atoms with Crippen molar-refractivity contribution in [1.82, 2.24) is 13.9 Å². The van der Waals surface area contributed by atoms with Crippen molar-refractivity contribution < 1.29 is 8.42 Å². The number of hydrogen-bond donors (Lipinski definition) is 0. The zero-order valence-electron chi connectivity index (χ0n) is 16.2. The molecule has 0 N–H and O–H groups in total. The molecule has 0 spiro atoms. The van der Waals surface area contributed by atoms with Crippen molar-refractivity contribution in [2.24, 2.45) is 5.11 Å². The molecule has 1 aromatic carbocycles. The van der Waals surface area contributed by atoms with Crippen molar-refractivity contribution in [3.8, 4) is 0 Å². The second kappa shape index (κ2) is 7.38. The topological polar surface area (TPSA) is 117 Å². The summed E-state index contributed by atoms with van der Waals surface area (Å²) in [5.74, 6) is 0.666. The zero-order valence-corrected chi connectivity index (χ0v) is 17.0. The quantitative estimate of drug-likeness (QED) is 0.361. The van der Waals surface area contributed by atoms with Crippen LogP contribution >= 0.6 is 0 Å². The van der Waals surface area contributed by atoms with Gasteiger partial charge < -0.3 is 4.90 Å². The van der Waals surface area contributed by atoms with E-state index < -0.39 is 10.0 Å². The van der Waals surface area contributed by atoms with Crippen molar-refractivity contribution in [2.45, 2.75) is 43.2 Å². The van der Waals surface area contributed by atoms with E-state index in [1.54, 1.807) is 30.3 Å². The third kappa shape index (κ3) is 3.41. The molecule has 1 aliphatic carbocycles. The van der Waals surface area contributed by atoms with Gasteiger partial charge >= 0.3 is 0 Å². The highest BCUT2D eigenvalue weighted by molar-refractivity contribution is 7.90. The van der Waals surface area contributed by atoms with E-state index in [2.05, 4.69) is 20.0 Å². The minimum Gasteiger partial charge on any atom is -0.356 e. The molecule has 2 atom stereocenters. The Labute approximate surface area is 168 Å². The van der Waals surface area contributed by atoms with Crippen molar-refractivity contribution >= 4 is 26.9 Å². The molecule has 0 aliphatic heterocycles. The fourth-order valence-corrected chi connectivity index (χ4v) is 5.15. The lowest BCUT2D eigenvalue weighted by molar-refractivity contribution is 0.588. The van der Waals surface area contributed by atoms with Crippen molar-refractivity contribution in [2.75, 3.05) is 11.9 Å². The van der Waals surface area contributed by atoms with Gasteiger partial charge in [-0.3, -0.25) is 0 Å². The molecule has 0 bridgehead atoms.